The zero-order valence-electron chi connectivity index (χ0n) is 41.1. The minimum absolute atomic E-state index is 0.00948. The van der Waals surface area contributed by atoms with Gasteiger partial charge in [0.15, 0.2) is 0 Å². The number of oxime groups is 1. The molecule has 2 aliphatic carbocycles. The second kappa shape index (κ2) is 26.9. The predicted octanol–water partition coefficient (Wildman–Crippen LogP) is 11.9. The van der Waals surface area contributed by atoms with Crippen molar-refractivity contribution >= 4 is 17.9 Å². The highest BCUT2D eigenvalue weighted by Gasteiger charge is 2.65. The Hall–Kier alpha value is -4.46. The minimum atomic E-state index is -1.54. The van der Waals surface area contributed by atoms with Gasteiger partial charge in [0.2, 0.25) is 5.79 Å². The van der Waals surface area contributed by atoms with Gasteiger partial charge < -0.3 is 39.3 Å². The van der Waals surface area contributed by atoms with Crippen LogP contribution in [0.15, 0.2) is 71.9 Å². The number of ether oxygens (including phenoxy) is 4. The monoisotopic (exact) mass is 934 g/mol. The van der Waals surface area contributed by atoms with Crippen LogP contribution in [0.5, 0.6) is 11.5 Å². The van der Waals surface area contributed by atoms with Crippen molar-refractivity contribution < 1.29 is 48.0 Å². The number of carbonyl (C=O) groups is 2. The Balaban J connectivity index is 1.59. The number of amides is 2. The number of aliphatic hydroxyl groups is 2. The van der Waals surface area contributed by atoms with Crippen molar-refractivity contribution in [3.05, 3.63) is 83.7 Å². The molecule has 0 aromatic heterocycles. The van der Waals surface area contributed by atoms with E-state index in [1.54, 1.807) is 36.1 Å². The smallest absolute Gasteiger partial charge is 0.412 e. The van der Waals surface area contributed by atoms with Crippen molar-refractivity contribution in [3.8, 4) is 11.5 Å². The molecule has 12 nitrogen and oxygen atoms in total. The molecule has 5 rings (SSSR count). The van der Waals surface area contributed by atoms with Crippen LogP contribution in [0.2, 0.25) is 0 Å². The lowest BCUT2D eigenvalue weighted by Gasteiger charge is -2.60. The molecule has 2 aromatic carbocycles. The lowest BCUT2D eigenvalue weighted by Crippen LogP contribution is -2.70. The summed E-state index contributed by atoms with van der Waals surface area (Å²) in [7, 11) is 0. The Morgan fingerprint density at radius 2 is 1.60 bits per heavy atom. The van der Waals surface area contributed by atoms with Gasteiger partial charge >= 0.3 is 12.2 Å². The van der Waals surface area contributed by atoms with Crippen molar-refractivity contribution in [2.75, 3.05) is 33.0 Å². The van der Waals surface area contributed by atoms with Crippen molar-refractivity contribution in [1.29, 1.82) is 0 Å². The maximum Gasteiger partial charge on any atom is 0.412 e. The second-order valence-electron chi connectivity index (χ2n) is 19.4. The summed E-state index contributed by atoms with van der Waals surface area (Å²) in [6, 6.07) is 10.6. The molecule has 1 aliphatic heterocycles. The van der Waals surface area contributed by atoms with Gasteiger partial charge in [-0.2, -0.15) is 0 Å². The topological polar surface area (TPSA) is 148 Å². The molecule has 6 atom stereocenters. The number of hydrogen-bond donors (Lipinski definition) is 3. The van der Waals surface area contributed by atoms with E-state index >= 15 is 0 Å². The molecular weight excluding hydrogens is 854 g/mol. The Labute approximate surface area is 399 Å². The third kappa shape index (κ3) is 15.0. The number of unbranched alkanes of at least 4 members (excludes halogenated alkanes) is 11. The summed E-state index contributed by atoms with van der Waals surface area (Å²) in [6.45, 7) is 14.7. The Morgan fingerprint density at radius 1 is 0.925 bits per heavy atom. The number of fused-ring (bicyclic) bond motifs is 2. The average Bonchev–Trinajstić information content (AvgIpc) is 3.30. The van der Waals surface area contributed by atoms with Gasteiger partial charge in [-0.25, -0.2) is 14.0 Å². The molecule has 1 saturated carbocycles. The average molecular weight is 934 g/mol. The maximum absolute atomic E-state index is 14.4. The van der Waals surface area contributed by atoms with Gasteiger partial charge in [0, 0.05) is 44.2 Å². The van der Waals surface area contributed by atoms with Crippen LogP contribution in [-0.4, -0.2) is 83.4 Å². The number of nitrogens with zero attached hydrogens (tertiary/aromatic N) is 2. The lowest BCUT2D eigenvalue weighted by molar-refractivity contribution is -0.256. The van der Waals surface area contributed by atoms with Gasteiger partial charge in [-0.1, -0.05) is 107 Å². The third-order valence-electron chi connectivity index (χ3n) is 13.2. The number of benzene rings is 2. The molecule has 3 aliphatic rings. The van der Waals surface area contributed by atoms with E-state index < -0.39 is 41.4 Å². The molecule has 0 spiro atoms. The van der Waals surface area contributed by atoms with Gasteiger partial charge in [0.05, 0.1) is 24.8 Å². The van der Waals surface area contributed by atoms with E-state index in [0.717, 1.165) is 56.1 Å². The quantitative estimate of drug-likeness (QED) is 0.0431. The van der Waals surface area contributed by atoms with Gasteiger partial charge in [0.25, 0.3) is 0 Å². The number of carbonyl (C=O) groups excluding carboxylic acids is 2. The van der Waals surface area contributed by atoms with E-state index in [4.69, 9.17) is 28.9 Å². The van der Waals surface area contributed by atoms with E-state index in [-0.39, 0.29) is 57.1 Å². The van der Waals surface area contributed by atoms with E-state index in [2.05, 4.69) is 24.9 Å². The van der Waals surface area contributed by atoms with Crippen LogP contribution in [0, 0.1) is 23.6 Å². The first-order valence-electron chi connectivity index (χ1n) is 25.3. The van der Waals surface area contributed by atoms with Crippen LogP contribution in [0.25, 0.3) is 0 Å². The van der Waals surface area contributed by atoms with E-state index in [1.807, 2.05) is 32.9 Å². The van der Waals surface area contributed by atoms with Gasteiger partial charge in [-0.3, -0.25) is 4.90 Å². The normalized spacial score (nSPS) is 22.5. The first-order chi connectivity index (χ1) is 32.4. The zero-order valence-corrected chi connectivity index (χ0v) is 41.1. The fourth-order valence-corrected chi connectivity index (χ4v) is 10.1. The highest BCUT2D eigenvalue weighted by molar-refractivity contribution is 6.03. The van der Waals surface area contributed by atoms with Crippen LogP contribution in [0.3, 0.4) is 0 Å². The Bertz CT molecular complexity index is 1920. The fourth-order valence-electron chi connectivity index (χ4n) is 10.1. The largest absolute Gasteiger partial charge is 0.459 e. The van der Waals surface area contributed by atoms with E-state index in [9.17, 15) is 24.2 Å². The van der Waals surface area contributed by atoms with Crippen LogP contribution in [0.1, 0.15) is 161 Å². The highest BCUT2D eigenvalue weighted by atomic mass is 19.1. The summed E-state index contributed by atoms with van der Waals surface area (Å²) >= 11 is 0. The van der Waals surface area contributed by atoms with Gasteiger partial charge in [-0.15, -0.1) is 6.58 Å². The maximum atomic E-state index is 14.4. The van der Waals surface area contributed by atoms with Crippen LogP contribution in [-0.2, 0) is 20.9 Å². The van der Waals surface area contributed by atoms with E-state index in [1.165, 1.54) is 57.1 Å². The molecule has 1 heterocycles. The molecule has 13 heteroatoms. The molecule has 2 amide bonds. The zero-order chi connectivity index (χ0) is 48.2. The standard InChI is InChI=1S/C54H80FN3O9/c1-7-10-11-12-13-14-15-16-17-20-31-56-51(61)65-42-29-30-47-45(36-42)49-43(24-19-22-33-60)40(23-18-21-32-59)35-44-46(57-67-53(4,5)6)37-48(54(66-47,50(44)49)64-34-8-2)58(52(62)63-9-3)38-39-25-27-41(55)28-26-39/h8,25-30,35-36,40,43,48-50,59-60H,2,7,9-24,31-34,37-38H2,1,3-6H3,(H,56,61). The van der Waals surface area contributed by atoms with Crippen molar-refractivity contribution in [2.24, 2.45) is 22.9 Å². The summed E-state index contributed by atoms with van der Waals surface area (Å²) in [4.78, 5) is 35.6. The highest BCUT2D eigenvalue weighted by Crippen LogP contribution is 2.62. The number of halogens is 1. The number of aliphatic hydroxyl groups excluding tert-OH is 2. The number of allylic oxidation sites excluding steroid dienone is 1. The van der Waals surface area contributed by atoms with E-state index in [0.29, 0.717) is 42.2 Å². The van der Waals surface area contributed by atoms with Crippen LogP contribution in [0.4, 0.5) is 14.0 Å². The SMILES string of the molecule is C=CCOC12Oc3ccc(OC(=O)NCCCCCCCCCCCC)cc3C3C(CCCCO)C(CCCCO)C=C(C(=NOC(C)(C)C)CC1N(Cc1ccc(F)cc1)C(=O)OCC)C32. The molecule has 0 saturated heterocycles. The van der Waals surface area contributed by atoms with Crippen LogP contribution < -0.4 is 14.8 Å². The lowest BCUT2D eigenvalue weighted by atomic mass is 9.55. The summed E-state index contributed by atoms with van der Waals surface area (Å²) in [5.74, 6) is -1.99. The van der Waals surface area contributed by atoms with Crippen LogP contribution >= 0.6 is 0 Å². The molecule has 3 N–H and O–H groups in total. The first kappa shape index (κ1) is 53.5. The first-order valence-corrected chi connectivity index (χ1v) is 25.3. The van der Waals surface area contributed by atoms with Crippen molar-refractivity contribution in [2.45, 2.75) is 174 Å². The van der Waals surface area contributed by atoms with Crippen molar-refractivity contribution in [1.82, 2.24) is 10.2 Å². The fraction of sp³-hybridized carbons (Fsp3) is 0.648. The number of nitrogens with one attached hydrogen (secondary N) is 1. The summed E-state index contributed by atoms with van der Waals surface area (Å²) in [5, 5.41) is 27.8. The van der Waals surface area contributed by atoms with Crippen molar-refractivity contribution in [3.63, 3.8) is 0 Å². The molecule has 1 fully saturated rings. The Morgan fingerprint density at radius 3 is 2.24 bits per heavy atom. The van der Waals surface area contributed by atoms with Gasteiger partial charge in [0.1, 0.15) is 29.0 Å². The summed E-state index contributed by atoms with van der Waals surface area (Å²) < 4.78 is 40.4. The number of hydrogen-bond acceptors (Lipinski definition) is 10. The molecule has 372 valence electrons. The number of rotatable bonds is 28. The molecule has 6 unspecified atom stereocenters. The molecule has 2 aromatic rings. The Kier molecular flexibility index (Phi) is 21.5. The molecule has 0 bridgehead atoms. The van der Waals surface area contributed by atoms with Gasteiger partial charge in [-0.05, 0) is 113 Å². The molecule has 0 radical (unpaired) electrons. The second-order valence-corrected chi connectivity index (χ2v) is 19.4. The minimum Gasteiger partial charge on any atom is -0.459 e. The summed E-state index contributed by atoms with van der Waals surface area (Å²) in [6.07, 6.45) is 19.3. The molecular formula is C54H80FN3O9. The summed E-state index contributed by atoms with van der Waals surface area (Å²) in [5.41, 5.74) is 2.36. The predicted molar refractivity (Wildman–Crippen MR) is 261 cm³/mol. The molecule has 67 heavy (non-hydrogen) atoms. The third-order valence-corrected chi connectivity index (χ3v) is 13.2.